The molecule has 2 aromatic heterocycles. The second-order valence-corrected chi connectivity index (χ2v) is 19.2. The van der Waals surface area contributed by atoms with E-state index in [-0.39, 0.29) is 0 Å². The fourth-order valence-electron chi connectivity index (χ4n) is 12.0. The Balaban J connectivity index is 0.886. The van der Waals surface area contributed by atoms with Crippen LogP contribution in [0.4, 0.5) is 0 Å². The van der Waals surface area contributed by atoms with E-state index in [0.717, 1.165) is 46.3 Å². The summed E-state index contributed by atoms with van der Waals surface area (Å²) in [6, 6.07) is 92.3. The van der Waals surface area contributed by atoms with Crippen LogP contribution >= 0.6 is 0 Å². The Labute approximate surface area is 424 Å². The van der Waals surface area contributed by atoms with Crippen molar-refractivity contribution in [2.45, 2.75) is 18.3 Å². The van der Waals surface area contributed by atoms with E-state index in [1.807, 2.05) is 30.3 Å². The van der Waals surface area contributed by atoms with Crippen molar-refractivity contribution >= 4 is 33.0 Å². The van der Waals surface area contributed by atoms with Crippen LogP contribution in [-0.2, 0) is 5.41 Å². The van der Waals surface area contributed by atoms with Gasteiger partial charge in [0.1, 0.15) is 0 Å². The molecule has 2 aliphatic rings. The van der Waals surface area contributed by atoms with Gasteiger partial charge in [-0.15, -0.1) is 10.2 Å². The molecular formula is C69H47N3O. The summed E-state index contributed by atoms with van der Waals surface area (Å²) in [6.45, 7) is 0. The quantitative estimate of drug-likeness (QED) is 0.145. The molecule has 344 valence electrons. The lowest BCUT2D eigenvalue weighted by molar-refractivity contribution is 0.584. The molecule has 14 rings (SSSR count). The molecule has 0 fully saturated rings. The Kier molecular flexibility index (Phi) is 10.2. The first-order chi connectivity index (χ1) is 36.2. The Hall–Kier alpha value is -9.38. The van der Waals surface area contributed by atoms with Crippen molar-refractivity contribution < 1.29 is 4.42 Å². The van der Waals surface area contributed by atoms with Gasteiger partial charge in [0.05, 0.1) is 16.4 Å². The molecule has 2 heterocycles. The average Bonchev–Trinajstić information content (AvgIpc) is 4.22. The van der Waals surface area contributed by atoms with Gasteiger partial charge in [0, 0.05) is 27.6 Å². The Bertz CT molecular complexity index is 4070. The van der Waals surface area contributed by atoms with E-state index in [1.54, 1.807) is 0 Å². The molecule has 12 aromatic rings. The van der Waals surface area contributed by atoms with Gasteiger partial charge in [0.2, 0.25) is 11.8 Å². The van der Waals surface area contributed by atoms with Gasteiger partial charge in [0.15, 0.2) is 0 Å². The fourth-order valence-corrected chi connectivity index (χ4v) is 12.0. The van der Waals surface area contributed by atoms with Crippen molar-refractivity contribution in [3.05, 3.63) is 294 Å². The van der Waals surface area contributed by atoms with Crippen LogP contribution in [0.15, 0.2) is 271 Å². The monoisotopic (exact) mass is 933 g/mol. The number of rotatable bonds is 9. The minimum atomic E-state index is -0.430. The maximum absolute atomic E-state index is 6.12. The summed E-state index contributed by atoms with van der Waals surface area (Å²) < 4.78 is 8.55. The van der Waals surface area contributed by atoms with Gasteiger partial charge in [-0.05, 0) is 151 Å². The zero-order valence-electron chi connectivity index (χ0n) is 40.0. The van der Waals surface area contributed by atoms with Crippen molar-refractivity contribution in [3.63, 3.8) is 0 Å². The van der Waals surface area contributed by atoms with Crippen molar-refractivity contribution in [1.29, 1.82) is 0 Å². The molecule has 0 amide bonds. The van der Waals surface area contributed by atoms with E-state index in [0.29, 0.717) is 11.8 Å². The van der Waals surface area contributed by atoms with Crippen LogP contribution in [0.5, 0.6) is 0 Å². The minimum absolute atomic E-state index is 0.430. The van der Waals surface area contributed by atoms with Gasteiger partial charge in [-0.3, -0.25) is 0 Å². The molecule has 0 N–H and O–H groups in total. The molecule has 0 aliphatic heterocycles. The van der Waals surface area contributed by atoms with Crippen LogP contribution < -0.4 is 0 Å². The van der Waals surface area contributed by atoms with Crippen molar-refractivity contribution in [2.24, 2.45) is 0 Å². The summed E-state index contributed by atoms with van der Waals surface area (Å²) in [5.74, 6) is 1.00. The number of aromatic nitrogens is 3. The number of fused-ring (bicyclic) bond motifs is 5. The molecule has 0 saturated carbocycles. The standard InChI is InChI=1S/C69H47N3O/c1-5-19-47(20-6-1)67-70-71-68(73-67)48-35-33-46(34-36-48)55-27-13-15-29-57(55)58-30-16-14-28-56(58)51-39-42-66-62(44-51)61-43-49(38-41-65(61)72(66)54-25-11-4-12-26-54)50-37-40-60-59-31-17-18-32-63(59)69(64(60)45-50,52-21-7-2-8-22-52)53-23-9-3-10-24-53/h1-36,38-39,41-45H,37,40H2. The molecule has 0 spiro atoms. The Morgan fingerprint density at radius 2 is 0.822 bits per heavy atom. The van der Waals surface area contributed by atoms with Gasteiger partial charge in [0.25, 0.3) is 0 Å². The van der Waals surface area contributed by atoms with Gasteiger partial charge < -0.3 is 8.98 Å². The average molecular weight is 934 g/mol. The second-order valence-electron chi connectivity index (χ2n) is 19.2. The SMILES string of the molecule is C1=C(c2ccc3c(c2)c2cc(-c4ccccc4-c4ccccc4-c4ccc(-c5nnc(-c6ccccc6)o5)cc4)ccc2n3-c2ccccc2)CCC2=C1C(c1ccccc1)(c1ccccc1)c1ccccc12. The predicted molar refractivity (Wildman–Crippen MR) is 299 cm³/mol. The first-order valence-corrected chi connectivity index (χ1v) is 25.2. The van der Waals surface area contributed by atoms with Crippen molar-refractivity contribution in [1.82, 2.24) is 14.8 Å². The third-order valence-corrected chi connectivity index (χ3v) is 15.3. The maximum atomic E-state index is 6.12. The zero-order valence-corrected chi connectivity index (χ0v) is 40.0. The molecule has 4 nitrogen and oxygen atoms in total. The van der Waals surface area contributed by atoms with E-state index in [4.69, 9.17) is 4.42 Å². The number of para-hydroxylation sites is 1. The Morgan fingerprint density at radius 3 is 1.44 bits per heavy atom. The predicted octanol–water partition coefficient (Wildman–Crippen LogP) is 17.5. The van der Waals surface area contributed by atoms with Crippen LogP contribution in [0.3, 0.4) is 0 Å². The number of hydrogen-bond acceptors (Lipinski definition) is 3. The molecule has 10 aromatic carbocycles. The van der Waals surface area contributed by atoms with Gasteiger partial charge >= 0.3 is 0 Å². The topological polar surface area (TPSA) is 43.9 Å². The van der Waals surface area contributed by atoms with Crippen LogP contribution in [0.25, 0.3) is 94.9 Å². The molecule has 0 unspecified atom stereocenters. The molecule has 73 heavy (non-hydrogen) atoms. The van der Waals surface area contributed by atoms with Crippen molar-refractivity contribution in [2.75, 3.05) is 0 Å². The molecular weight excluding hydrogens is 887 g/mol. The molecule has 0 atom stereocenters. The van der Waals surface area contributed by atoms with E-state index in [1.165, 1.54) is 83.0 Å². The van der Waals surface area contributed by atoms with Gasteiger partial charge in [-0.2, -0.15) is 0 Å². The maximum Gasteiger partial charge on any atom is 0.248 e. The summed E-state index contributed by atoms with van der Waals surface area (Å²) in [6.07, 6.45) is 4.49. The first kappa shape index (κ1) is 42.5. The second kappa shape index (κ2) is 17.5. The highest BCUT2D eigenvalue weighted by Crippen LogP contribution is 2.58. The van der Waals surface area contributed by atoms with E-state index >= 15 is 0 Å². The third kappa shape index (κ3) is 6.98. The van der Waals surface area contributed by atoms with Crippen molar-refractivity contribution in [3.8, 4) is 62.0 Å². The first-order valence-electron chi connectivity index (χ1n) is 25.2. The van der Waals surface area contributed by atoms with E-state index in [9.17, 15) is 0 Å². The largest absolute Gasteiger partial charge is 0.416 e. The fraction of sp³-hybridized carbons (Fsp3) is 0.0435. The molecule has 2 aliphatic carbocycles. The minimum Gasteiger partial charge on any atom is -0.416 e. The number of nitrogens with zero attached hydrogens (tertiary/aromatic N) is 3. The third-order valence-electron chi connectivity index (χ3n) is 15.3. The Morgan fingerprint density at radius 1 is 0.370 bits per heavy atom. The highest BCUT2D eigenvalue weighted by molar-refractivity contribution is 6.12. The zero-order chi connectivity index (χ0) is 48.3. The van der Waals surface area contributed by atoms with Crippen LogP contribution in [0, 0.1) is 0 Å². The lowest BCUT2D eigenvalue weighted by Crippen LogP contribution is -2.29. The molecule has 0 radical (unpaired) electrons. The van der Waals surface area contributed by atoms with E-state index < -0.39 is 5.41 Å². The number of hydrogen-bond donors (Lipinski definition) is 0. The van der Waals surface area contributed by atoms with E-state index in [2.05, 4.69) is 245 Å². The summed E-state index contributed by atoms with van der Waals surface area (Å²) in [5, 5.41) is 11.2. The smallest absolute Gasteiger partial charge is 0.248 e. The highest BCUT2D eigenvalue weighted by Gasteiger charge is 2.47. The summed E-state index contributed by atoms with van der Waals surface area (Å²) in [5.41, 5.74) is 22.6. The number of benzene rings is 10. The lowest BCUT2D eigenvalue weighted by atomic mass is 9.66. The van der Waals surface area contributed by atoms with Gasteiger partial charge in [-0.25, -0.2) is 0 Å². The molecule has 4 heteroatoms. The van der Waals surface area contributed by atoms with Gasteiger partial charge in [-0.1, -0.05) is 200 Å². The molecule has 0 bridgehead atoms. The summed E-state index contributed by atoms with van der Waals surface area (Å²) in [4.78, 5) is 0. The van der Waals surface area contributed by atoms with Crippen LogP contribution in [0.1, 0.15) is 40.7 Å². The summed E-state index contributed by atoms with van der Waals surface area (Å²) in [7, 11) is 0. The molecule has 0 saturated heterocycles. The van der Waals surface area contributed by atoms with Crippen LogP contribution in [0.2, 0.25) is 0 Å². The summed E-state index contributed by atoms with van der Waals surface area (Å²) >= 11 is 0. The normalized spacial score (nSPS) is 13.8. The highest BCUT2D eigenvalue weighted by atomic mass is 16.4. The lowest BCUT2D eigenvalue weighted by Gasteiger charge is -2.36. The number of allylic oxidation sites excluding steroid dienone is 4. The van der Waals surface area contributed by atoms with Crippen LogP contribution in [-0.4, -0.2) is 14.8 Å².